The van der Waals surface area contributed by atoms with Crippen LogP contribution in [0.1, 0.15) is 50.3 Å². The highest BCUT2D eigenvalue weighted by Gasteiger charge is 2.25. The van der Waals surface area contributed by atoms with Crippen molar-refractivity contribution >= 4 is 0 Å². The first-order chi connectivity index (χ1) is 7.76. The van der Waals surface area contributed by atoms with Crippen LogP contribution in [0.5, 0.6) is 5.75 Å². The van der Waals surface area contributed by atoms with Gasteiger partial charge in [-0.25, -0.2) is 0 Å². The van der Waals surface area contributed by atoms with E-state index in [1.54, 1.807) is 6.07 Å². The molecule has 0 fully saturated rings. The molecule has 88 valence electrons. The van der Waals surface area contributed by atoms with Gasteiger partial charge in [-0.15, -0.1) is 0 Å². The summed E-state index contributed by atoms with van der Waals surface area (Å²) in [7, 11) is 0. The molecule has 0 saturated heterocycles. The average Bonchev–Trinajstić information content (AvgIpc) is 2.71. The number of benzene rings is 1. The van der Waals surface area contributed by atoms with Crippen molar-refractivity contribution in [3.8, 4) is 5.75 Å². The highest BCUT2D eigenvalue weighted by molar-refractivity contribution is 5.44. The van der Waals surface area contributed by atoms with E-state index in [4.69, 9.17) is 0 Å². The zero-order valence-electron chi connectivity index (χ0n) is 10.2. The van der Waals surface area contributed by atoms with Gasteiger partial charge >= 0.3 is 0 Å². The fourth-order valence-electron chi connectivity index (χ4n) is 2.62. The summed E-state index contributed by atoms with van der Waals surface area (Å²) in [4.78, 5) is 0. The Morgan fingerprint density at radius 2 is 2.12 bits per heavy atom. The molecule has 1 aliphatic rings. The lowest BCUT2D eigenvalue weighted by atomic mass is 10.1. The summed E-state index contributed by atoms with van der Waals surface area (Å²) >= 11 is 0. The molecule has 2 rings (SSSR count). The van der Waals surface area contributed by atoms with Gasteiger partial charge in [0.25, 0.3) is 0 Å². The minimum Gasteiger partial charge on any atom is -0.508 e. The van der Waals surface area contributed by atoms with Crippen molar-refractivity contribution in [3.63, 3.8) is 0 Å². The summed E-state index contributed by atoms with van der Waals surface area (Å²) in [6, 6.07) is 6.91. The van der Waals surface area contributed by atoms with Crippen molar-refractivity contribution in [2.75, 3.05) is 0 Å². The lowest BCUT2D eigenvalue weighted by molar-refractivity contribution is 0.413. The van der Waals surface area contributed by atoms with E-state index in [0.29, 0.717) is 17.8 Å². The summed E-state index contributed by atoms with van der Waals surface area (Å²) in [6.07, 6.45) is 4.45. The molecular weight excluding hydrogens is 198 g/mol. The third-order valence-electron chi connectivity index (χ3n) is 3.67. The summed E-state index contributed by atoms with van der Waals surface area (Å²) in [5, 5.41) is 13.5. The number of phenols is 1. The third-order valence-corrected chi connectivity index (χ3v) is 3.67. The summed E-state index contributed by atoms with van der Waals surface area (Å²) < 4.78 is 0. The minimum atomic E-state index is 0.437. The molecule has 0 aliphatic heterocycles. The summed E-state index contributed by atoms with van der Waals surface area (Å²) in [5.74, 6) is 0.464. The second-order valence-corrected chi connectivity index (χ2v) is 4.62. The normalized spacial score (nSPS) is 19.1. The molecule has 16 heavy (non-hydrogen) atoms. The zero-order chi connectivity index (χ0) is 11.5. The van der Waals surface area contributed by atoms with Crippen molar-refractivity contribution in [3.05, 3.63) is 29.3 Å². The SMILES string of the molecule is CCC(CC)NC1CCc2c(O)cccc21. The molecule has 2 N–H and O–H groups in total. The maximum Gasteiger partial charge on any atom is 0.119 e. The Kier molecular flexibility index (Phi) is 3.49. The zero-order valence-corrected chi connectivity index (χ0v) is 10.2. The molecular formula is C14H21NO. The predicted molar refractivity (Wildman–Crippen MR) is 66.7 cm³/mol. The van der Waals surface area contributed by atoms with Gasteiger partial charge in [-0.2, -0.15) is 0 Å². The highest BCUT2D eigenvalue weighted by atomic mass is 16.3. The van der Waals surface area contributed by atoms with E-state index in [1.807, 2.05) is 6.07 Å². The Hall–Kier alpha value is -1.02. The quantitative estimate of drug-likeness (QED) is 0.815. The molecule has 0 saturated carbocycles. The first kappa shape index (κ1) is 11.5. The van der Waals surface area contributed by atoms with E-state index in [9.17, 15) is 5.11 Å². The van der Waals surface area contributed by atoms with Gasteiger partial charge in [-0.05, 0) is 42.9 Å². The second kappa shape index (κ2) is 4.88. The molecule has 0 aromatic heterocycles. The Morgan fingerprint density at radius 1 is 1.38 bits per heavy atom. The number of hydrogen-bond acceptors (Lipinski definition) is 2. The first-order valence-corrected chi connectivity index (χ1v) is 6.33. The van der Waals surface area contributed by atoms with Crippen LogP contribution in [0, 0.1) is 0 Å². The summed E-state index contributed by atoms with van der Waals surface area (Å²) in [5.41, 5.74) is 2.44. The van der Waals surface area contributed by atoms with Crippen LogP contribution in [0.2, 0.25) is 0 Å². The van der Waals surface area contributed by atoms with Crippen LogP contribution in [0.3, 0.4) is 0 Å². The monoisotopic (exact) mass is 219 g/mol. The van der Waals surface area contributed by atoms with Gasteiger partial charge in [0.2, 0.25) is 0 Å². The van der Waals surface area contributed by atoms with Gasteiger partial charge in [-0.3, -0.25) is 0 Å². The summed E-state index contributed by atoms with van der Waals surface area (Å²) in [6.45, 7) is 4.44. The van der Waals surface area contributed by atoms with Crippen molar-refractivity contribution in [1.29, 1.82) is 0 Å². The van der Waals surface area contributed by atoms with Gasteiger partial charge in [0.05, 0.1) is 0 Å². The molecule has 1 aliphatic carbocycles. The van der Waals surface area contributed by atoms with E-state index >= 15 is 0 Å². The molecule has 0 amide bonds. The van der Waals surface area contributed by atoms with Gasteiger partial charge in [0, 0.05) is 12.1 Å². The highest BCUT2D eigenvalue weighted by Crippen LogP contribution is 2.36. The fourth-order valence-corrected chi connectivity index (χ4v) is 2.62. The maximum absolute atomic E-state index is 9.77. The van der Waals surface area contributed by atoms with Crippen LogP contribution >= 0.6 is 0 Å². The number of aromatic hydroxyl groups is 1. The topological polar surface area (TPSA) is 32.3 Å². The molecule has 0 bridgehead atoms. The Bertz CT molecular complexity index is 358. The lowest BCUT2D eigenvalue weighted by Crippen LogP contribution is -2.30. The number of fused-ring (bicyclic) bond motifs is 1. The van der Waals surface area contributed by atoms with Crippen LogP contribution in [0.25, 0.3) is 0 Å². The smallest absolute Gasteiger partial charge is 0.119 e. The predicted octanol–water partition coefficient (Wildman–Crippen LogP) is 3.16. The van der Waals surface area contributed by atoms with E-state index < -0.39 is 0 Å². The molecule has 1 aromatic rings. The molecule has 2 nitrogen and oxygen atoms in total. The van der Waals surface area contributed by atoms with Gasteiger partial charge in [-0.1, -0.05) is 26.0 Å². The van der Waals surface area contributed by atoms with Gasteiger partial charge in [0.15, 0.2) is 0 Å². The molecule has 0 radical (unpaired) electrons. The number of phenolic OH excluding ortho intramolecular Hbond substituents is 1. The van der Waals surface area contributed by atoms with Crippen molar-refractivity contribution in [2.24, 2.45) is 0 Å². The van der Waals surface area contributed by atoms with Crippen molar-refractivity contribution in [2.45, 2.75) is 51.6 Å². The standard InChI is InChI=1S/C14H21NO/c1-3-10(4-2)15-13-9-8-12-11(13)6-5-7-14(12)16/h5-7,10,13,15-16H,3-4,8-9H2,1-2H3. The van der Waals surface area contributed by atoms with Crippen LogP contribution in [0.15, 0.2) is 18.2 Å². The van der Waals surface area contributed by atoms with Crippen LogP contribution in [-0.2, 0) is 6.42 Å². The Balaban J connectivity index is 2.14. The van der Waals surface area contributed by atoms with Crippen molar-refractivity contribution < 1.29 is 5.11 Å². The van der Waals surface area contributed by atoms with Gasteiger partial charge < -0.3 is 10.4 Å². The van der Waals surface area contributed by atoms with Crippen LogP contribution in [-0.4, -0.2) is 11.1 Å². The maximum atomic E-state index is 9.77. The molecule has 1 aromatic carbocycles. The minimum absolute atomic E-state index is 0.437. The molecule has 1 unspecified atom stereocenters. The fraction of sp³-hybridized carbons (Fsp3) is 0.571. The van der Waals surface area contributed by atoms with Gasteiger partial charge in [0.1, 0.15) is 5.75 Å². The van der Waals surface area contributed by atoms with E-state index in [-0.39, 0.29) is 0 Å². The number of hydrogen-bond donors (Lipinski definition) is 2. The van der Waals surface area contributed by atoms with Crippen LogP contribution in [0.4, 0.5) is 0 Å². The Morgan fingerprint density at radius 3 is 2.81 bits per heavy atom. The molecule has 0 spiro atoms. The van der Waals surface area contributed by atoms with Crippen molar-refractivity contribution in [1.82, 2.24) is 5.32 Å². The van der Waals surface area contributed by atoms with E-state index in [0.717, 1.165) is 18.4 Å². The number of rotatable bonds is 4. The molecule has 0 heterocycles. The third kappa shape index (κ3) is 2.07. The lowest BCUT2D eigenvalue weighted by Gasteiger charge is -2.21. The average molecular weight is 219 g/mol. The second-order valence-electron chi connectivity index (χ2n) is 4.62. The molecule has 2 heteroatoms. The van der Waals surface area contributed by atoms with E-state index in [2.05, 4.69) is 25.2 Å². The first-order valence-electron chi connectivity index (χ1n) is 6.33. The molecule has 1 atom stereocenters. The van der Waals surface area contributed by atoms with Crippen LogP contribution < -0.4 is 5.32 Å². The largest absolute Gasteiger partial charge is 0.508 e. The number of nitrogens with one attached hydrogen (secondary N) is 1. The Labute approximate surface area is 97.7 Å². The van der Waals surface area contributed by atoms with E-state index in [1.165, 1.54) is 18.4 Å².